The third-order valence-corrected chi connectivity index (χ3v) is 3.25. The molecule has 0 aliphatic heterocycles. The number of hydrogen-bond donors (Lipinski definition) is 0. The lowest BCUT2D eigenvalue weighted by Gasteiger charge is -2.11. The van der Waals surface area contributed by atoms with Crippen LogP contribution in [-0.4, -0.2) is 79.0 Å². The number of carbonyl (C=O) groups is 2. The Labute approximate surface area is 150 Å². The van der Waals surface area contributed by atoms with E-state index in [1.54, 1.807) is 21.1 Å². The summed E-state index contributed by atoms with van der Waals surface area (Å²) in [6.45, 7) is 4.91. The molecule has 8 heteroatoms. The third kappa shape index (κ3) is 16.0. The van der Waals surface area contributed by atoms with Gasteiger partial charge < -0.3 is 28.4 Å². The summed E-state index contributed by atoms with van der Waals surface area (Å²) in [5, 5.41) is 0. The van der Waals surface area contributed by atoms with Crippen molar-refractivity contribution in [1.82, 2.24) is 0 Å². The Bertz CT molecular complexity index is 335. The second-order valence-electron chi connectivity index (χ2n) is 5.39. The van der Waals surface area contributed by atoms with Gasteiger partial charge in [0.05, 0.1) is 45.6 Å². The van der Waals surface area contributed by atoms with Gasteiger partial charge in [-0.1, -0.05) is 6.92 Å². The topological polar surface area (TPSA) is 89.5 Å². The number of esters is 2. The molecule has 0 N–H and O–H groups in total. The van der Waals surface area contributed by atoms with E-state index in [1.807, 2.05) is 0 Å². The lowest BCUT2D eigenvalue weighted by molar-refractivity contribution is -0.150. The summed E-state index contributed by atoms with van der Waals surface area (Å²) in [4.78, 5) is 23.3. The van der Waals surface area contributed by atoms with E-state index >= 15 is 0 Å². The molecule has 0 radical (unpaired) electrons. The fourth-order valence-electron chi connectivity index (χ4n) is 1.79. The smallest absolute Gasteiger partial charge is 0.308 e. The molecule has 0 aromatic rings. The Balaban J connectivity index is 3.52. The Hall–Kier alpha value is -1.22. The van der Waals surface area contributed by atoms with Gasteiger partial charge in [0.1, 0.15) is 13.2 Å². The third-order valence-electron chi connectivity index (χ3n) is 3.25. The average Bonchev–Trinajstić information content (AvgIpc) is 2.60. The van der Waals surface area contributed by atoms with Gasteiger partial charge in [0, 0.05) is 20.6 Å². The van der Waals surface area contributed by atoms with Crippen LogP contribution < -0.4 is 0 Å². The summed E-state index contributed by atoms with van der Waals surface area (Å²) in [6.07, 6.45) is 1.42. The molecule has 0 rings (SSSR count). The van der Waals surface area contributed by atoms with Gasteiger partial charge in [-0.05, 0) is 12.8 Å². The van der Waals surface area contributed by atoms with Crippen LogP contribution in [0.15, 0.2) is 0 Å². The number of rotatable bonds is 17. The number of carbonyl (C=O) groups excluding carboxylic acids is 2. The predicted octanol–water partition coefficient (Wildman–Crippen LogP) is 1.21. The van der Waals surface area contributed by atoms with Crippen molar-refractivity contribution in [2.24, 2.45) is 5.92 Å². The predicted molar refractivity (Wildman–Crippen MR) is 90.3 cm³/mol. The minimum absolute atomic E-state index is 0.220. The van der Waals surface area contributed by atoms with Gasteiger partial charge in [0.2, 0.25) is 0 Å². The average molecular weight is 364 g/mol. The zero-order valence-electron chi connectivity index (χ0n) is 15.6. The van der Waals surface area contributed by atoms with Crippen molar-refractivity contribution in [1.29, 1.82) is 0 Å². The van der Waals surface area contributed by atoms with Gasteiger partial charge in [0.15, 0.2) is 0 Å². The second-order valence-corrected chi connectivity index (χ2v) is 5.39. The molecule has 1 atom stereocenters. The molecule has 8 nitrogen and oxygen atoms in total. The first kappa shape index (κ1) is 23.8. The first-order valence-electron chi connectivity index (χ1n) is 8.57. The van der Waals surface area contributed by atoms with Crippen molar-refractivity contribution in [2.45, 2.75) is 26.2 Å². The van der Waals surface area contributed by atoms with E-state index < -0.39 is 0 Å². The van der Waals surface area contributed by atoms with Crippen molar-refractivity contribution in [3.05, 3.63) is 0 Å². The van der Waals surface area contributed by atoms with Gasteiger partial charge in [-0.15, -0.1) is 0 Å². The van der Waals surface area contributed by atoms with E-state index in [-0.39, 0.29) is 37.5 Å². The maximum Gasteiger partial charge on any atom is 0.308 e. The molecule has 0 aromatic carbocycles. The van der Waals surface area contributed by atoms with Gasteiger partial charge in [-0.25, -0.2) is 0 Å². The van der Waals surface area contributed by atoms with Crippen molar-refractivity contribution >= 4 is 11.9 Å². The van der Waals surface area contributed by atoms with E-state index in [4.69, 9.17) is 28.4 Å². The van der Waals surface area contributed by atoms with Crippen LogP contribution in [0.3, 0.4) is 0 Å². The van der Waals surface area contributed by atoms with Gasteiger partial charge >= 0.3 is 11.9 Å². The SMILES string of the molecule is COCCOCCOC(=O)CCCC(C)C(=O)OCCOCCOC. The van der Waals surface area contributed by atoms with Crippen LogP contribution in [0.1, 0.15) is 26.2 Å². The molecule has 0 fully saturated rings. The number of ether oxygens (including phenoxy) is 6. The molecule has 0 saturated heterocycles. The lowest BCUT2D eigenvalue weighted by Crippen LogP contribution is -2.18. The monoisotopic (exact) mass is 364 g/mol. The Morgan fingerprint density at radius 1 is 0.760 bits per heavy atom. The maximum atomic E-state index is 11.8. The molecular weight excluding hydrogens is 332 g/mol. The van der Waals surface area contributed by atoms with Crippen LogP contribution in [0.25, 0.3) is 0 Å². The zero-order valence-corrected chi connectivity index (χ0v) is 15.6. The van der Waals surface area contributed by atoms with E-state index in [0.29, 0.717) is 52.5 Å². The Morgan fingerprint density at radius 3 is 1.84 bits per heavy atom. The molecular formula is C17H32O8. The highest BCUT2D eigenvalue weighted by molar-refractivity contribution is 5.72. The first-order chi connectivity index (χ1) is 12.1. The summed E-state index contributed by atoms with van der Waals surface area (Å²) >= 11 is 0. The summed E-state index contributed by atoms with van der Waals surface area (Å²) in [5.74, 6) is -0.832. The Kier molecular flexibility index (Phi) is 16.7. The van der Waals surface area contributed by atoms with Crippen LogP contribution >= 0.6 is 0 Å². The van der Waals surface area contributed by atoms with Crippen molar-refractivity contribution in [3.8, 4) is 0 Å². The van der Waals surface area contributed by atoms with Crippen molar-refractivity contribution in [3.63, 3.8) is 0 Å². The Morgan fingerprint density at radius 2 is 1.28 bits per heavy atom. The quantitative estimate of drug-likeness (QED) is 0.281. The van der Waals surface area contributed by atoms with Crippen LogP contribution in [-0.2, 0) is 38.0 Å². The van der Waals surface area contributed by atoms with Gasteiger partial charge in [0.25, 0.3) is 0 Å². The van der Waals surface area contributed by atoms with Gasteiger partial charge in [-0.3, -0.25) is 9.59 Å². The van der Waals surface area contributed by atoms with Crippen LogP contribution in [0.2, 0.25) is 0 Å². The van der Waals surface area contributed by atoms with Crippen LogP contribution in [0.5, 0.6) is 0 Å². The second kappa shape index (κ2) is 17.6. The zero-order chi connectivity index (χ0) is 18.8. The molecule has 0 aliphatic rings. The molecule has 0 heterocycles. The molecule has 0 aromatic heterocycles. The van der Waals surface area contributed by atoms with Crippen LogP contribution in [0, 0.1) is 5.92 Å². The largest absolute Gasteiger partial charge is 0.463 e. The molecule has 0 spiro atoms. The molecule has 0 aliphatic carbocycles. The van der Waals surface area contributed by atoms with Gasteiger partial charge in [-0.2, -0.15) is 0 Å². The summed E-state index contributed by atoms with van der Waals surface area (Å²) < 4.78 is 30.2. The highest BCUT2D eigenvalue weighted by atomic mass is 16.6. The lowest BCUT2D eigenvalue weighted by atomic mass is 10.0. The van der Waals surface area contributed by atoms with E-state index in [0.717, 1.165) is 0 Å². The van der Waals surface area contributed by atoms with Crippen molar-refractivity contribution < 1.29 is 38.0 Å². The van der Waals surface area contributed by atoms with Crippen molar-refractivity contribution in [2.75, 3.05) is 67.1 Å². The fraction of sp³-hybridized carbons (Fsp3) is 0.882. The molecule has 0 amide bonds. The molecule has 25 heavy (non-hydrogen) atoms. The summed E-state index contributed by atoms with van der Waals surface area (Å²) in [7, 11) is 3.19. The standard InChI is InChI=1S/C17H32O8/c1-15(17(19)25-14-12-23-10-8-21-3)5-4-6-16(18)24-13-11-22-9-7-20-2/h15H,4-14H2,1-3H3. The molecule has 0 saturated carbocycles. The maximum absolute atomic E-state index is 11.8. The highest BCUT2D eigenvalue weighted by Crippen LogP contribution is 2.10. The fourth-order valence-corrected chi connectivity index (χ4v) is 1.79. The van der Waals surface area contributed by atoms with E-state index in [1.165, 1.54) is 0 Å². The minimum atomic E-state index is -0.289. The summed E-state index contributed by atoms with van der Waals surface area (Å²) in [5.41, 5.74) is 0. The molecule has 0 bridgehead atoms. The highest BCUT2D eigenvalue weighted by Gasteiger charge is 2.15. The molecule has 148 valence electrons. The minimum Gasteiger partial charge on any atom is -0.463 e. The number of hydrogen-bond acceptors (Lipinski definition) is 8. The van der Waals surface area contributed by atoms with E-state index in [2.05, 4.69) is 0 Å². The normalized spacial score (nSPS) is 12.0. The summed E-state index contributed by atoms with van der Waals surface area (Å²) in [6, 6.07) is 0. The number of methoxy groups -OCH3 is 2. The van der Waals surface area contributed by atoms with E-state index in [9.17, 15) is 9.59 Å². The van der Waals surface area contributed by atoms with Crippen LogP contribution in [0.4, 0.5) is 0 Å². The first-order valence-corrected chi connectivity index (χ1v) is 8.57. The molecule has 1 unspecified atom stereocenters.